The number of nitrogens with zero attached hydrogens (tertiary/aromatic N) is 3. The van der Waals surface area contributed by atoms with Gasteiger partial charge in [0.25, 0.3) is 0 Å². The van der Waals surface area contributed by atoms with Crippen LogP contribution >= 0.6 is 0 Å². The Kier molecular flexibility index (Phi) is 8.03. The van der Waals surface area contributed by atoms with Crippen LogP contribution in [0.3, 0.4) is 0 Å². The number of amides is 1. The Labute approximate surface area is 181 Å². The second kappa shape index (κ2) is 11.1. The Bertz CT molecular complexity index is 866. The van der Waals surface area contributed by atoms with E-state index in [9.17, 15) is 9.18 Å². The number of piperidine rings is 1. The minimum Gasteiger partial charge on any atom is -0.450 e. The molecule has 31 heavy (non-hydrogen) atoms. The fraction of sp³-hybridized carbons (Fsp3) is 0.409. The molecule has 2 aromatic rings. The number of ether oxygens (including phenoxy) is 2. The second-order valence-electron chi connectivity index (χ2n) is 7.09. The van der Waals surface area contributed by atoms with E-state index in [-0.39, 0.29) is 18.0 Å². The van der Waals surface area contributed by atoms with Crippen LogP contribution in [0, 0.1) is 5.82 Å². The van der Waals surface area contributed by atoms with E-state index < -0.39 is 0 Å². The number of halogens is 1. The first-order chi connectivity index (χ1) is 15.1. The highest BCUT2D eigenvalue weighted by atomic mass is 19.1. The number of nitrogens with one attached hydrogen (secondary N) is 2. The van der Waals surface area contributed by atoms with Gasteiger partial charge in [0.1, 0.15) is 11.6 Å². The average molecular weight is 429 g/mol. The molecule has 0 spiro atoms. The van der Waals surface area contributed by atoms with Gasteiger partial charge in [0.05, 0.1) is 6.61 Å². The van der Waals surface area contributed by atoms with E-state index in [1.54, 1.807) is 36.3 Å². The van der Waals surface area contributed by atoms with E-state index in [1.165, 1.54) is 12.1 Å². The molecule has 3 rings (SSSR count). The number of aliphatic imine (C=N–C) groups is 1. The summed E-state index contributed by atoms with van der Waals surface area (Å²) < 4.78 is 23.6. The summed E-state index contributed by atoms with van der Waals surface area (Å²) in [4.78, 5) is 22.1. The van der Waals surface area contributed by atoms with Gasteiger partial charge in [0, 0.05) is 45.0 Å². The van der Waals surface area contributed by atoms with E-state index in [0.717, 1.165) is 18.4 Å². The monoisotopic (exact) mass is 429 g/mol. The second-order valence-corrected chi connectivity index (χ2v) is 7.09. The van der Waals surface area contributed by atoms with E-state index >= 15 is 0 Å². The Morgan fingerprint density at radius 3 is 2.58 bits per heavy atom. The molecule has 0 bridgehead atoms. The van der Waals surface area contributed by atoms with E-state index in [4.69, 9.17) is 9.47 Å². The van der Waals surface area contributed by atoms with Gasteiger partial charge >= 0.3 is 6.09 Å². The molecule has 1 aromatic heterocycles. The van der Waals surface area contributed by atoms with Gasteiger partial charge in [-0.1, -0.05) is 6.07 Å². The minimum atomic E-state index is -0.312. The molecule has 1 aliphatic rings. The Balaban J connectivity index is 1.43. The number of rotatable bonds is 6. The normalized spacial score (nSPS) is 14.8. The summed E-state index contributed by atoms with van der Waals surface area (Å²) in [6, 6.07) is 9.70. The van der Waals surface area contributed by atoms with E-state index in [2.05, 4.69) is 20.6 Å². The van der Waals surface area contributed by atoms with E-state index in [1.807, 2.05) is 13.0 Å². The molecule has 8 nitrogen and oxygen atoms in total. The number of carbonyl (C=O) groups is 1. The summed E-state index contributed by atoms with van der Waals surface area (Å²) in [5.74, 6) is 1.35. The third-order valence-corrected chi connectivity index (χ3v) is 4.88. The molecular weight excluding hydrogens is 401 g/mol. The Morgan fingerprint density at radius 1 is 1.23 bits per heavy atom. The van der Waals surface area contributed by atoms with Gasteiger partial charge in [0.2, 0.25) is 5.88 Å². The first-order valence-corrected chi connectivity index (χ1v) is 10.3. The molecule has 0 atom stereocenters. The number of likely N-dealkylation sites (tertiary alicyclic amines) is 1. The van der Waals surface area contributed by atoms with Crippen LogP contribution in [0.25, 0.3) is 0 Å². The summed E-state index contributed by atoms with van der Waals surface area (Å²) in [6.07, 6.45) is 3.13. The predicted octanol–water partition coefficient (Wildman–Crippen LogP) is 3.30. The maximum absolute atomic E-state index is 13.0. The number of carbonyl (C=O) groups excluding carboxylic acids is 1. The molecule has 0 radical (unpaired) electrons. The highest BCUT2D eigenvalue weighted by Gasteiger charge is 2.24. The lowest BCUT2D eigenvalue weighted by molar-refractivity contribution is 0.0963. The van der Waals surface area contributed by atoms with Crippen molar-refractivity contribution in [1.29, 1.82) is 0 Å². The third kappa shape index (κ3) is 6.84. The quantitative estimate of drug-likeness (QED) is 0.541. The van der Waals surface area contributed by atoms with Crippen molar-refractivity contribution in [3.8, 4) is 11.6 Å². The molecule has 166 valence electrons. The van der Waals surface area contributed by atoms with Crippen molar-refractivity contribution >= 4 is 12.1 Å². The predicted molar refractivity (Wildman–Crippen MR) is 116 cm³/mol. The maximum atomic E-state index is 13.0. The third-order valence-electron chi connectivity index (χ3n) is 4.88. The molecule has 0 unspecified atom stereocenters. The summed E-state index contributed by atoms with van der Waals surface area (Å²) >= 11 is 0. The fourth-order valence-corrected chi connectivity index (χ4v) is 3.19. The van der Waals surface area contributed by atoms with Gasteiger partial charge in [-0.2, -0.15) is 0 Å². The van der Waals surface area contributed by atoms with Crippen LogP contribution in [0.15, 0.2) is 47.6 Å². The molecule has 1 aliphatic heterocycles. The van der Waals surface area contributed by atoms with Gasteiger partial charge in [-0.3, -0.25) is 4.99 Å². The minimum absolute atomic E-state index is 0.237. The standard InChI is InChI=1S/C22H28FN5O3/c1-3-30-22(29)28-12-10-18(11-13-28)27-21(24-2)26-15-16-4-9-20(25-14-16)31-19-7-5-17(23)6-8-19/h4-9,14,18H,3,10-13,15H2,1-2H3,(H2,24,26,27). The van der Waals surface area contributed by atoms with Crippen molar-refractivity contribution in [2.45, 2.75) is 32.4 Å². The van der Waals surface area contributed by atoms with Gasteiger partial charge in [-0.25, -0.2) is 14.2 Å². The molecule has 9 heteroatoms. The van der Waals surface area contributed by atoms with Crippen LogP contribution in [-0.4, -0.2) is 54.7 Å². The van der Waals surface area contributed by atoms with Crippen LogP contribution in [0.5, 0.6) is 11.6 Å². The zero-order valence-corrected chi connectivity index (χ0v) is 17.8. The van der Waals surface area contributed by atoms with Crippen LogP contribution in [0.1, 0.15) is 25.3 Å². The lowest BCUT2D eigenvalue weighted by atomic mass is 10.1. The summed E-state index contributed by atoms with van der Waals surface area (Å²) in [7, 11) is 1.72. The van der Waals surface area contributed by atoms with Crippen molar-refractivity contribution in [2.24, 2.45) is 4.99 Å². The molecule has 2 heterocycles. The molecule has 0 aliphatic carbocycles. The largest absolute Gasteiger partial charge is 0.450 e. The smallest absolute Gasteiger partial charge is 0.409 e. The number of guanidine groups is 1. The van der Waals surface area contributed by atoms with Crippen LogP contribution in [0.4, 0.5) is 9.18 Å². The SMILES string of the molecule is CCOC(=O)N1CCC(NC(=NC)NCc2ccc(Oc3ccc(F)cc3)nc2)CC1. The topological polar surface area (TPSA) is 88.1 Å². The van der Waals surface area contributed by atoms with Crippen LogP contribution < -0.4 is 15.4 Å². The first-order valence-electron chi connectivity index (χ1n) is 10.3. The summed E-state index contributed by atoms with van der Waals surface area (Å²) in [6.45, 7) is 4.07. The molecule has 0 saturated carbocycles. The summed E-state index contributed by atoms with van der Waals surface area (Å²) in [5, 5.41) is 6.67. The lowest BCUT2D eigenvalue weighted by Crippen LogP contribution is -2.49. The zero-order valence-electron chi connectivity index (χ0n) is 17.8. The van der Waals surface area contributed by atoms with Gasteiger partial charge < -0.3 is 25.0 Å². The highest BCUT2D eigenvalue weighted by molar-refractivity contribution is 5.80. The number of pyridine rings is 1. The molecule has 1 saturated heterocycles. The van der Waals surface area contributed by atoms with Gasteiger partial charge in [-0.15, -0.1) is 0 Å². The molecular formula is C22H28FN5O3. The number of aromatic nitrogens is 1. The molecule has 2 N–H and O–H groups in total. The number of hydrogen-bond donors (Lipinski definition) is 2. The van der Waals surface area contributed by atoms with Crippen molar-refractivity contribution < 1.29 is 18.7 Å². The Morgan fingerprint density at radius 2 is 1.97 bits per heavy atom. The average Bonchev–Trinajstić information content (AvgIpc) is 2.79. The fourth-order valence-electron chi connectivity index (χ4n) is 3.19. The van der Waals surface area contributed by atoms with Gasteiger partial charge in [0.15, 0.2) is 5.96 Å². The van der Waals surface area contributed by atoms with E-state index in [0.29, 0.717) is 43.8 Å². The van der Waals surface area contributed by atoms with Crippen molar-refractivity contribution in [3.63, 3.8) is 0 Å². The molecule has 1 aromatic carbocycles. The van der Waals surface area contributed by atoms with Crippen LogP contribution in [-0.2, 0) is 11.3 Å². The summed E-state index contributed by atoms with van der Waals surface area (Å²) in [5.41, 5.74) is 0.964. The maximum Gasteiger partial charge on any atom is 0.409 e. The number of benzene rings is 1. The van der Waals surface area contributed by atoms with Crippen LogP contribution in [0.2, 0.25) is 0 Å². The Hall–Kier alpha value is -3.36. The van der Waals surface area contributed by atoms with Gasteiger partial charge in [-0.05, 0) is 49.6 Å². The zero-order chi connectivity index (χ0) is 22.1. The lowest BCUT2D eigenvalue weighted by Gasteiger charge is -2.32. The van der Waals surface area contributed by atoms with Crippen molar-refractivity contribution in [3.05, 3.63) is 54.0 Å². The first kappa shape index (κ1) is 22.3. The molecule has 1 fully saturated rings. The van der Waals surface area contributed by atoms with Crippen molar-refractivity contribution in [2.75, 3.05) is 26.7 Å². The molecule has 1 amide bonds. The highest BCUT2D eigenvalue weighted by Crippen LogP contribution is 2.19. The number of hydrogen-bond acceptors (Lipinski definition) is 5. The van der Waals surface area contributed by atoms with Crippen molar-refractivity contribution in [1.82, 2.24) is 20.5 Å².